The van der Waals surface area contributed by atoms with Gasteiger partial charge in [0.2, 0.25) is 0 Å². The topological polar surface area (TPSA) is 9.23 Å². The van der Waals surface area contributed by atoms with Gasteiger partial charge in [-0.3, -0.25) is 0 Å². The normalized spacial score (nSPS) is 12.6. The zero-order chi connectivity index (χ0) is 12.4. The molecule has 1 nitrogen and oxygen atoms in total. The van der Waals surface area contributed by atoms with E-state index < -0.39 is 0 Å². The highest BCUT2D eigenvalue weighted by molar-refractivity contribution is 5.31. The fourth-order valence-corrected chi connectivity index (χ4v) is 2.43. The Labute approximate surface area is 99.8 Å². The van der Waals surface area contributed by atoms with Gasteiger partial charge in [0.15, 0.2) is 0 Å². The van der Waals surface area contributed by atoms with Crippen LogP contribution in [0.2, 0.25) is 0 Å². The SMILES string of the molecule is [CH2]Oc1ccc(C(C)(C)CC(C)(C)C)cc1. The van der Waals surface area contributed by atoms with Crippen molar-refractivity contribution in [3.8, 4) is 5.75 Å². The quantitative estimate of drug-likeness (QED) is 0.723. The minimum absolute atomic E-state index is 0.192. The van der Waals surface area contributed by atoms with Crippen LogP contribution in [0.3, 0.4) is 0 Å². The average Bonchev–Trinajstić information content (AvgIpc) is 2.14. The monoisotopic (exact) mass is 219 g/mol. The molecule has 0 saturated carbocycles. The predicted molar refractivity (Wildman–Crippen MR) is 69.5 cm³/mol. The van der Waals surface area contributed by atoms with E-state index >= 15 is 0 Å². The summed E-state index contributed by atoms with van der Waals surface area (Å²) in [5.41, 5.74) is 1.88. The zero-order valence-electron chi connectivity index (χ0n) is 11.1. The van der Waals surface area contributed by atoms with Crippen molar-refractivity contribution >= 4 is 0 Å². The summed E-state index contributed by atoms with van der Waals surface area (Å²) in [6.45, 7) is 11.4. The summed E-state index contributed by atoms with van der Waals surface area (Å²) in [5.74, 6) is 0.815. The van der Waals surface area contributed by atoms with E-state index in [1.54, 1.807) is 0 Å². The summed E-state index contributed by atoms with van der Waals surface area (Å²) in [6, 6.07) is 8.22. The standard InChI is InChI=1S/C15H23O/c1-14(2,3)11-15(4,5)12-7-9-13(16-6)10-8-12/h7-10H,6,11H2,1-5H3. The van der Waals surface area contributed by atoms with Crippen LogP contribution >= 0.6 is 0 Å². The van der Waals surface area contributed by atoms with Crippen LogP contribution in [0.4, 0.5) is 0 Å². The first-order valence-corrected chi connectivity index (χ1v) is 5.77. The second-order valence-electron chi connectivity index (χ2n) is 6.29. The molecule has 89 valence electrons. The van der Waals surface area contributed by atoms with Crippen LogP contribution in [0.25, 0.3) is 0 Å². The van der Waals surface area contributed by atoms with Crippen LogP contribution in [0.15, 0.2) is 24.3 Å². The molecule has 0 saturated heterocycles. The van der Waals surface area contributed by atoms with Crippen molar-refractivity contribution in [3.63, 3.8) is 0 Å². The molecule has 1 radical (unpaired) electrons. The molecule has 1 aromatic carbocycles. The Morgan fingerprint density at radius 2 is 1.50 bits per heavy atom. The molecule has 0 atom stereocenters. The van der Waals surface area contributed by atoms with E-state index in [0.29, 0.717) is 5.41 Å². The molecule has 0 heterocycles. The smallest absolute Gasteiger partial charge is 0.122 e. The Bertz CT molecular complexity index is 327. The lowest BCUT2D eigenvalue weighted by atomic mass is 9.72. The Hall–Kier alpha value is -0.980. The molecular weight excluding hydrogens is 196 g/mol. The van der Waals surface area contributed by atoms with E-state index in [0.717, 1.165) is 12.2 Å². The maximum absolute atomic E-state index is 4.93. The number of hydrogen-bond donors (Lipinski definition) is 0. The van der Waals surface area contributed by atoms with Crippen molar-refractivity contribution in [2.45, 2.75) is 46.5 Å². The molecule has 1 heteroatoms. The molecule has 0 amide bonds. The van der Waals surface area contributed by atoms with Crippen molar-refractivity contribution in [1.29, 1.82) is 0 Å². The van der Waals surface area contributed by atoms with Crippen LogP contribution in [0, 0.1) is 12.5 Å². The molecule has 1 aromatic rings. The van der Waals surface area contributed by atoms with Gasteiger partial charge in [-0.1, -0.05) is 46.8 Å². The van der Waals surface area contributed by atoms with Gasteiger partial charge < -0.3 is 4.74 Å². The fourth-order valence-electron chi connectivity index (χ4n) is 2.43. The van der Waals surface area contributed by atoms with Crippen LogP contribution in [-0.4, -0.2) is 0 Å². The van der Waals surface area contributed by atoms with Crippen LogP contribution in [0.1, 0.15) is 46.6 Å². The molecule has 0 spiro atoms. The van der Waals surface area contributed by atoms with Gasteiger partial charge in [-0.15, -0.1) is 0 Å². The summed E-state index contributed by atoms with van der Waals surface area (Å²) in [4.78, 5) is 0. The zero-order valence-corrected chi connectivity index (χ0v) is 11.1. The molecule has 0 aliphatic heterocycles. The third-order valence-corrected chi connectivity index (χ3v) is 2.77. The molecule has 1 rings (SSSR count). The average molecular weight is 219 g/mol. The molecule has 0 unspecified atom stereocenters. The van der Waals surface area contributed by atoms with Gasteiger partial charge in [0.05, 0.1) is 0 Å². The van der Waals surface area contributed by atoms with Crippen LogP contribution < -0.4 is 4.74 Å². The second-order valence-corrected chi connectivity index (χ2v) is 6.29. The van der Waals surface area contributed by atoms with Crippen LogP contribution in [0.5, 0.6) is 5.75 Å². The van der Waals surface area contributed by atoms with Crippen molar-refractivity contribution in [2.75, 3.05) is 0 Å². The predicted octanol–water partition coefficient (Wildman–Crippen LogP) is 4.57. The first-order valence-electron chi connectivity index (χ1n) is 5.77. The largest absolute Gasteiger partial charge is 0.490 e. The van der Waals surface area contributed by atoms with Gasteiger partial charge in [0.1, 0.15) is 12.9 Å². The number of ether oxygens (including phenoxy) is 1. The third kappa shape index (κ3) is 3.55. The summed E-state index contributed by atoms with van der Waals surface area (Å²) >= 11 is 0. The Morgan fingerprint density at radius 1 is 1.00 bits per heavy atom. The summed E-state index contributed by atoms with van der Waals surface area (Å²) < 4.78 is 4.93. The van der Waals surface area contributed by atoms with Gasteiger partial charge in [-0.2, -0.15) is 0 Å². The Balaban J connectivity index is 2.89. The Morgan fingerprint density at radius 3 is 1.88 bits per heavy atom. The van der Waals surface area contributed by atoms with E-state index in [2.05, 4.69) is 53.9 Å². The molecule has 0 aliphatic carbocycles. The van der Waals surface area contributed by atoms with E-state index in [4.69, 9.17) is 4.74 Å². The number of rotatable bonds is 3. The minimum Gasteiger partial charge on any atom is -0.490 e. The second kappa shape index (κ2) is 4.48. The van der Waals surface area contributed by atoms with Crippen molar-refractivity contribution in [3.05, 3.63) is 36.9 Å². The van der Waals surface area contributed by atoms with Gasteiger partial charge in [0, 0.05) is 0 Å². The first-order chi connectivity index (χ1) is 7.24. The highest BCUT2D eigenvalue weighted by atomic mass is 16.5. The molecule has 0 aromatic heterocycles. The molecular formula is C15H23O. The highest BCUT2D eigenvalue weighted by Gasteiger charge is 2.26. The third-order valence-electron chi connectivity index (χ3n) is 2.77. The van der Waals surface area contributed by atoms with E-state index in [9.17, 15) is 0 Å². The summed E-state index contributed by atoms with van der Waals surface area (Å²) in [6.07, 6.45) is 1.16. The lowest BCUT2D eigenvalue weighted by Gasteiger charge is -2.33. The Kier molecular flexibility index (Phi) is 3.67. The maximum atomic E-state index is 4.93. The maximum Gasteiger partial charge on any atom is 0.122 e. The molecule has 0 fully saturated rings. The molecule has 0 bridgehead atoms. The first kappa shape index (κ1) is 13.1. The fraction of sp³-hybridized carbons (Fsp3) is 0.533. The van der Waals surface area contributed by atoms with Crippen molar-refractivity contribution < 1.29 is 4.74 Å². The van der Waals surface area contributed by atoms with Crippen LogP contribution in [-0.2, 0) is 5.41 Å². The molecule has 0 N–H and O–H groups in total. The molecule has 0 aliphatic rings. The lowest BCUT2D eigenvalue weighted by molar-refractivity contribution is 0.284. The van der Waals surface area contributed by atoms with E-state index in [1.807, 2.05) is 12.1 Å². The van der Waals surface area contributed by atoms with Crippen molar-refractivity contribution in [1.82, 2.24) is 0 Å². The summed E-state index contributed by atoms with van der Waals surface area (Å²) in [7, 11) is 3.41. The van der Waals surface area contributed by atoms with Gasteiger partial charge in [0.25, 0.3) is 0 Å². The highest BCUT2D eigenvalue weighted by Crippen LogP contribution is 2.36. The van der Waals surface area contributed by atoms with E-state index in [1.165, 1.54) is 5.56 Å². The molecule has 16 heavy (non-hydrogen) atoms. The number of hydrogen-bond acceptors (Lipinski definition) is 1. The lowest BCUT2D eigenvalue weighted by Crippen LogP contribution is -2.24. The van der Waals surface area contributed by atoms with Gasteiger partial charge in [-0.05, 0) is 34.9 Å². The summed E-state index contributed by atoms with van der Waals surface area (Å²) in [5, 5.41) is 0. The minimum atomic E-state index is 0.192. The van der Waals surface area contributed by atoms with Gasteiger partial charge in [-0.25, -0.2) is 0 Å². The number of benzene rings is 1. The van der Waals surface area contributed by atoms with Gasteiger partial charge >= 0.3 is 0 Å². The van der Waals surface area contributed by atoms with E-state index in [-0.39, 0.29) is 5.41 Å². The van der Waals surface area contributed by atoms with Crippen molar-refractivity contribution in [2.24, 2.45) is 5.41 Å².